The van der Waals surface area contributed by atoms with Gasteiger partial charge in [0.2, 0.25) is 0 Å². The molecule has 1 N–H and O–H groups in total. The first-order valence-electron chi connectivity index (χ1n) is 16.8. The lowest BCUT2D eigenvalue weighted by atomic mass is 9.78. The molecule has 0 saturated carbocycles. The second-order valence-electron chi connectivity index (χ2n) is 13.0. The van der Waals surface area contributed by atoms with Crippen LogP contribution in [0.1, 0.15) is 66.5 Å². The highest BCUT2D eigenvalue weighted by Gasteiger charge is 2.31. The zero-order chi connectivity index (χ0) is 31.5. The Labute approximate surface area is 267 Å². The van der Waals surface area contributed by atoms with E-state index in [0.29, 0.717) is 24.8 Å². The maximum atomic E-state index is 11.3. The van der Waals surface area contributed by atoms with Gasteiger partial charge < -0.3 is 19.3 Å². The summed E-state index contributed by atoms with van der Waals surface area (Å²) in [6.07, 6.45) is 3.94. The average Bonchev–Trinajstić information content (AvgIpc) is 3.35. The normalized spacial score (nSPS) is 17.3. The van der Waals surface area contributed by atoms with Gasteiger partial charge >= 0.3 is 5.97 Å². The van der Waals surface area contributed by atoms with Crippen LogP contribution in [0.15, 0.2) is 60.8 Å². The second-order valence-corrected chi connectivity index (χ2v) is 13.0. The van der Waals surface area contributed by atoms with Crippen molar-refractivity contribution in [3.8, 4) is 0 Å². The Kier molecular flexibility index (Phi) is 9.57. The third-order valence-electron chi connectivity index (χ3n) is 10.2. The molecule has 2 aromatic carbocycles. The number of pyridine rings is 1. The highest BCUT2D eigenvalue weighted by atomic mass is 16.5. The van der Waals surface area contributed by atoms with Crippen LogP contribution in [-0.4, -0.2) is 76.4 Å². The summed E-state index contributed by atoms with van der Waals surface area (Å²) in [5, 5.41) is 11.6. The molecule has 1 atom stereocenters. The summed E-state index contributed by atoms with van der Waals surface area (Å²) in [6, 6.07) is 17.7. The number of aromatic nitrogens is 2. The molecule has 2 aromatic heterocycles. The third-order valence-corrected chi connectivity index (χ3v) is 10.2. The van der Waals surface area contributed by atoms with E-state index in [4.69, 9.17) is 16.3 Å². The van der Waals surface area contributed by atoms with Gasteiger partial charge in [0.05, 0.1) is 5.52 Å². The fourth-order valence-electron chi connectivity index (χ4n) is 7.76. The number of rotatable bonds is 11. The summed E-state index contributed by atoms with van der Waals surface area (Å²) < 4.78 is 8.09. The SMILES string of the molecule is C=C([C@H](c1ccc(Cn2c3ccccc3c3c(C)c(CCC(=O)O)c(C)nc32)cc1)C1CCOCC1)N1CCN(CCC)CC1. The van der Waals surface area contributed by atoms with Crippen LogP contribution in [0.25, 0.3) is 21.9 Å². The van der Waals surface area contributed by atoms with Gasteiger partial charge in [0.1, 0.15) is 5.65 Å². The van der Waals surface area contributed by atoms with Crippen LogP contribution in [0.4, 0.5) is 0 Å². The van der Waals surface area contributed by atoms with Gasteiger partial charge in [0, 0.05) is 80.4 Å². The minimum Gasteiger partial charge on any atom is -0.481 e. The molecule has 7 heteroatoms. The predicted molar refractivity (Wildman–Crippen MR) is 182 cm³/mol. The van der Waals surface area contributed by atoms with Gasteiger partial charge in [0.25, 0.3) is 0 Å². The van der Waals surface area contributed by atoms with Crippen molar-refractivity contribution in [1.29, 1.82) is 0 Å². The number of para-hydroxylation sites is 1. The fraction of sp³-hybridized carbons (Fsp3) is 0.474. The van der Waals surface area contributed by atoms with E-state index in [0.717, 1.165) is 85.6 Å². The Balaban J connectivity index is 1.30. The van der Waals surface area contributed by atoms with Crippen LogP contribution in [0, 0.1) is 19.8 Å². The molecule has 2 aliphatic rings. The molecule has 0 bridgehead atoms. The maximum Gasteiger partial charge on any atom is 0.303 e. The first-order valence-corrected chi connectivity index (χ1v) is 16.8. The van der Waals surface area contributed by atoms with Crippen molar-refractivity contribution < 1.29 is 14.6 Å². The number of piperazine rings is 1. The van der Waals surface area contributed by atoms with Gasteiger partial charge in [0.15, 0.2) is 0 Å². The number of ether oxygens (including phenoxy) is 1. The van der Waals surface area contributed by atoms with E-state index in [9.17, 15) is 9.90 Å². The molecule has 2 aliphatic heterocycles. The number of fused-ring (bicyclic) bond motifs is 3. The lowest BCUT2D eigenvalue weighted by Crippen LogP contribution is -2.47. The molecule has 4 heterocycles. The van der Waals surface area contributed by atoms with Crippen molar-refractivity contribution in [2.45, 2.75) is 65.3 Å². The molecular weight excluding hydrogens is 560 g/mol. The van der Waals surface area contributed by atoms with Crippen LogP contribution in [0.5, 0.6) is 0 Å². The van der Waals surface area contributed by atoms with E-state index in [1.54, 1.807) is 0 Å². The van der Waals surface area contributed by atoms with Crippen LogP contribution >= 0.6 is 0 Å². The number of carboxylic acid groups (broad SMARTS) is 1. The molecule has 2 saturated heterocycles. The van der Waals surface area contributed by atoms with Crippen molar-refractivity contribution in [3.63, 3.8) is 0 Å². The van der Waals surface area contributed by atoms with Crippen LogP contribution in [-0.2, 0) is 22.5 Å². The molecule has 0 amide bonds. The second kappa shape index (κ2) is 13.8. The standard InChI is InChI=1S/C38H48N4O3/c1-5-18-40-19-21-41(22-20-40)28(4)37(31-16-23-45-24-17-31)30-12-10-29(11-13-30)25-42-34-9-7-6-8-33(34)36-26(2)32(14-15-35(43)44)27(3)39-38(36)42/h6-13,31,37H,4-5,14-25H2,1-3H3,(H,43,44)/t37-/m1/s1. The predicted octanol–water partition coefficient (Wildman–Crippen LogP) is 6.92. The molecule has 0 aliphatic carbocycles. The van der Waals surface area contributed by atoms with E-state index in [1.165, 1.54) is 35.2 Å². The smallest absolute Gasteiger partial charge is 0.303 e. The molecule has 0 unspecified atom stereocenters. The topological polar surface area (TPSA) is 70.8 Å². The number of allylic oxidation sites excluding steroid dienone is 1. The van der Waals surface area contributed by atoms with Gasteiger partial charge in [-0.25, -0.2) is 4.98 Å². The highest BCUT2D eigenvalue weighted by molar-refractivity contribution is 6.08. The number of aryl methyl sites for hydroxylation is 2. The van der Waals surface area contributed by atoms with Crippen molar-refractivity contribution in [1.82, 2.24) is 19.4 Å². The maximum absolute atomic E-state index is 11.3. The molecule has 238 valence electrons. The van der Waals surface area contributed by atoms with E-state index in [-0.39, 0.29) is 6.42 Å². The van der Waals surface area contributed by atoms with Crippen molar-refractivity contribution in [2.75, 3.05) is 45.9 Å². The van der Waals surface area contributed by atoms with Crippen LogP contribution in [0.3, 0.4) is 0 Å². The Bertz CT molecular complexity index is 1660. The van der Waals surface area contributed by atoms with Gasteiger partial charge in [-0.3, -0.25) is 9.69 Å². The number of aliphatic carboxylic acids is 1. The van der Waals surface area contributed by atoms with Gasteiger partial charge in [-0.1, -0.05) is 56.0 Å². The summed E-state index contributed by atoms with van der Waals surface area (Å²) in [6.45, 7) is 19.0. The number of nitrogens with zero attached hydrogens (tertiary/aromatic N) is 4. The Morgan fingerprint density at radius 1 is 1.04 bits per heavy atom. The molecule has 4 aromatic rings. The summed E-state index contributed by atoms with van der Waals surface area (Å²) in [4.78, 5) is 21.5. The number of carbonyl (C=O) groups is 1. The molecule has 0 spiro atoms. The third kappa shape index (κ3) is 6.52. The molecule has 6 rings (SSSR count). The number of hydrogen-bond acceptors (Lipinski definition) is 5. The van der Waals surface area contributed by atoms with E-state index in [2.05, 4.69) is 76.7 Å². The average molecular weight is 609 g/mol. The number of hydrogen-bond donors (Lipinski definition) is 1. The van der Waals surface area contributed by atoms with E-state index < -0.39 is 5.97 Å². The van der Waals surface area contributed by atoms with Gasteiger partial charge in [-0.2, -0.15) is 0 Å². The highest BCUT2D eigenvalue weighted by Crippen LogP contribution is 2.39. The zero-order valence-corrected chi connectivity index (χ0v) is 27.2. The largest absolute Gasteiger partial charge is 0.481 e. The summed E-state index contributed by atoms with van der Waals surface area (Å²) in [5.41, 5.74) is 9.05. The summed E-state index contributed by atoms with van der Waals surface area (Å²) >= 11 is 0. The monoisotopic (exact) mass is 608 g/mol. The zero-order valence-electron chi connectivity index (χ0n) is 27.2. The minimum atomic E-state index is -0.781. The van der Waals surface area contributed by atoms with Gasteiger partial charge in [-0.05, 0) is 80.3 Å². The molecule has 2 fully saturated rings. The summed E-state index contributed by atoms with van der Waals surface area (Å²) in [7, 11) is 0. The van der Waals surface area contributed by atoms with Crippen molar-refractivity contribution in [3.05, 3.63) is 88.8 Å². The van der Waals surface area contributed by atoms with Crippen LogP contribution in [0.2, 0.25) is 0 Å². The molecule has 45 heavy (non-hydrogen) atoms. The quantitative estimate of drug-likeness (QED) is 0.199. The van der Waals surface area contributed by atoms with Crippen molar-refractivity contribution >= 4 is 27.9 Å². The van der Waals surface area contributed by atoms with E-state index in [1.807, 2.05) is 6.92 Å². The lowest BCUT2D eigenvalue weighted by molar-refractivity contribution is -0.136. The molecule has 0 radical (unpaired) electrons. The Hall–Kier alpha value is -3.68. The van der Waals surface area contributed by atoms with Gasteiger partial charge in [-0.15, -0.1) is 0 Å². The first kappa shape index (κ1) is 31.3. The first-order chi connectivity index (χ1) is 21.9. The molecule has 7 nitrogen and oxygen atoms in total. The fourth-order valence-corrected chi connectivity index (χ4v) is 7.76. The number of benzene rings is 2. The molecular formula is C38H48N4O3. The van der Waals surface area contributed by atoms with E-state index >= 15 is 0 Å². The number of carboxylic acids is 1. The van der Waals surface area contributed by atoms with Crippen LogP contribution < -0.4 is 0 Å². The lowest BCUT2D eigenvalue weighted by Gasteiger charge is -2.42. The Morgan fingerprint density at radius 2 is 1.76 bits per heavy atom. The summed E-state index contributed by atoms with van der Waals surface area (Å²) in [5.74, 6) is 0.0515. The Morgan fingerprint density at radius 3 is 2.44 bits per heavy atom. The van der Waals surface area contributed by atoms with Crippen molar-refractivity contribution in [2.24, 2.45) is 5.92 Å². The minimum absolute atomic E-state index is 0.107.